The van der Waals surface area contributed by atoms with Gasteiger partial charge in [0.2, 0.25) is 11.4 Å². The summed E-state index contributed by atoms with van der Waals surface area (Å²) < 4.78 is 7.39. The summed E-state index contributed by atoms with van der Waals surface area (Å²) in [5.74, 6) is -1.74. The summed E-state index contributed by atoms with van der Waals surface area (Å²) in [6.07, 6.45) is 6.78. The second kappa shape index (κ2) is 9.83. The third-order valence-electron chi connectivity index (χ3n) is 7.83. The first kappa shape index (κ1) is 26.4. The predicted molar refractivity (Wildman–Crippen MR) is 145 cm³/mol. The van der Waals surface area contributed by atoms with Crippen molar-refractivity contribution in [2.24, 2.45) is 11.3 Å². The number of carboxylic acid groups (broad SMARTS) is 2. The molecule has 1 fully saturated rings. The highest BCUT2D eigenvalue weighted by molar-refractivity contribution is 5.89. The lowest BCUT2D eigenvalue weighted by atomic mass is 9.78. The van der Waals surface area contributed by atoms with Gasteiger partial charge in [0.05, 0.1) is 18.7 Å². The molecule has 2 N–H and O–H groups in total. The van der Waals surface area contributed by atoms with Crippen molar-refractivity contribution in [3.63, 3.8) is 0 Å². The number of aliphatic carboxylic acids is 1. The Morgan fingerprint density at radius 3 is 2.28 bits per heavy atom. The van der Waals surface area contributed by atoms with E-state index in [0.29, 0.717) is 44.0 Å². The van der Waals surface area contributed by atoms with Crippen molar-refractivity contribution in [1.82, 2.24) is 14.5 Å². The van der Waals surface area contributed by atoms with Gasteiger partial charge in [-0.15, -0.1) is 0 Å². The van der Waals surface area contributed by atoms with Gasteiger partial charge in [-0.2, -0.15) is 0 Å². The second-order valence-corrected chi connectivity index (χ2v) is 11.3. The van der Waals surface area contributed by atoms with Crippen molar-refractivity contribution in [3.8, 4) is 28.1 Å². The topological polar surface area (TPSA) is 135 Å². The van der Waals surface area contributed by atoms with E-state index in [1.807, 2.05) is 21.6 Å². The Morgan fingerprint density at radius 1 is 1.05 bits per heavy atom. The first-order chi connectivity index (χ1) is 18.5. The van der Waals surface area contributed by atoms with Crippen LogP contribution in [0.2, 0.25) is 0 Å². The molecule has 2 aliphatic heterocycles. The van der Waals surface area contributed by atoms with E-state index in [9.17, 15) is 24.6 Å². The van der Waals surface area contributed by atoms with Crippen LogP contribution in [0.5, 0.6) is 5.75 Å². The fourth-order valence-corrected chi connectivity index (χ4v) is 5.62. The Hall–Kier alpha value is -4.21. The van der Waals surface area contributed by atoms with Crippen LogP contribution < -0.4 is 15.1 Å². The Morgan fingerprint density at radius 2 is 1.72 bits per heavy atom. The Kier molecular flexibility index (Phi) is 6.65. The van der Waals surface area contributed by atoms with E-state index in [1.165, 1.54) is 13.3 Å². The molecule has 0 aliphatic carbocycles. The van der Waals surface area contributed by atoms with E-state index < -0.39 is 17.4 Å². The van der Waals surface area contributed by atoms with E-state index in [2.05, 4.69) is 36.8 Å². The highest BCUT2D eigenvalue weighted by Crippen LogP contribution is 2.46. The largest absolute Gasteiger partial charge is 0.491 e. The number of ether oxygens (including phenoxy) is 1. The Bertz CT molecular complexity index is 1500. The number of carbonyl (C=O) groups is 2. The summed E-state index contributed by atoms with van der Waals surface area (Å²) in [5, 5.41) is 18.9. The molecule has 204 valence electrons. The van der Waals surface area contributed by atoms with Gasteiger partial charge in [-0.1, -0.05) is 39.0 Å². The van der Waals surface area contributed by atoms with E-state index in [-0.39, 0.29) is 28.7 Å². The van der Waals surface area contributed by atoms with Crippen molar-refractivity contribution >= 4 is 17.9 Å². The number of nitrogens with zero attached hydrogens (tertiary/aromatic N) is 4. The number of hydrogen-bond acceptors (Lipinski definition) is 7. The number of anilines is 1. The maximum Gasteiger partial charge on any atom is 0.341 e. The minimum absolute atomic E-state index is 0.0252. The van der Waals surface area contributed by atoms with Gasteiger partial charge in [0.15, 0.2) is 5.75 Å². The molecule has 1 saturated heterocycles. The summed E-state index contributed by atoms with van der Waals surface area (Å²) in [6.45, 7) is 7.48. The number of methoxy groups -OCH3 is 1. The van der Waals surface area contributed by atoms with E-state index >= 15 is 0 Å². The molecule has 1 unspecified atom stereocenters. The molecule has 39 heavy (non-hydrogen) atoms. The van der Waals surface area contributed by atoms with Crippen molar-refractivity contribution in [3.05, 3.63) is 58.1 Å². The van der Waals surface area contributed by atoms with Crippen LogP contribution in [0.25, 0.3) is 22.4 Å². The van der Waals surface area contributed by atoms with Gasteiger partial charge in [0.1, 0.15) is 5.56 Å². The number of fused-ring (bicyclic) bond motifs is 3. The molecule has 1 aromatic carbocycles. The van der Waals surface area contributed by atoms with Crippen LogP contribution in [-0.4, -0.2) is 56.9 Å². The van der Waals surface area contributed by atoms with Gasteiger partial charge >= 0.3 is 11.9 Å². The van der Waals surface area contributed by atoms with Crippen molar-refractivity contribution < 1.29 is 24.5 Å². The molecule has 0 spiro atoms. The van der Waals surface area contributed by atoms with Crippen LogP contribution in [-0.2, 0) is 11.2 Å². The molecule has 3 aromatic rings. The third-order valence-corrected chi connectivity index (χ3v) is 7.83. The molecule has 0 bridgehead atoms. The lowest BCUT2D eigenvalue weighted by molar-refractivity contribution is -0.142. The van der Waals surface area contributed by atoms with Gasteiger partial charge in [-0.05, 0) is 35.8 Å². The number of piperidine rings is 1. The lowest BCUT2D eigenvalue weighted by Gasteiger charge is -2.39. The fourth-order valence-electron chi connectivity index (χ4n) is 5.62. The average Bonchev–Trinajstić information content (AvgIpc) is 2.91. The normalized spacial score (nSPS) is 17.3. The second-order valence-electron chi connectivity index (χ2n) is 11.3. The molecule has 2 aromatic heterocycles. The quantitative estimate of drug-likeness (QED) is 0.497. The maximum atomic E-state index is 13.0. The molecule has 1 atom stereocenters. The molecule has 5 rings (SSSR count). The molecule has 2 aliphatic rings. The van der Waals surface area contributed by atoms with Gasteiger partial charge in [0.25, 0.3) is 0 Å². The van der Waals surface area contributed by atoms with E-state index in [1.54, 1.807) is 12.4 Å². The smallest absolute Gasteiger partial charge is 0.341 e. The molecule has 10 heteroatoms. The number of carboxylic acids is 2. The number of aromatic carboxylic acids is 1. The zero-order valence-corrected chi connectivity index (χ0v) is 22.5. The minimum Gasteiger partial charge on any atom is -0.491 e. The standard InChI is InChI=1S/C29H32N4O6/c1-29(2,3)22-12-18-11-17(19-13-30-28(31-14-19)32-9-7-16(8-10-32)26(35)36)5-6-20(18)23-25(39-4)24(34)21(27(37)38)15-33(22)23/h5-6,11,13-16,22H,7-10,12H2,1-4H3,(H,35,36)(H,37,38). The van der Waals surface area contributed by atoms with Gasteiger partial charge in [-0.3, -0.25) is 9.59 Å². The van der Waals surface area contributed by atoms with E-state index in [0.717, 1.165) is 22.3 Å². The SMILES string of the molecule is COc1c2n(cc(C(=O)O)c1=O)C(C(C)(C)C)Cc1cc(-c3cnc(N4CCC(C(=O)O)CC4)nc3)ccc1-2. The molecule has 4 heterocycles. The molecular weight excluding hydrogens is 500 g/mol. The van der Waals surface area contributed by atoms with Crippen LogP contribution in [0.4, 0.5) is 5.95 Å². The highest BCUT2D eigenvalue weighted by Gasteiger charge is 2.36. The van der Waals surface area contributed by atoms with Crippen LogP contribution in [0, 0.1) is 11.3 Å². The number of benzene rings is 1. The van der Waals surface area contributed by atoms with Crippen LogP contribution in [0.1, 0.15) is 55.6 Å². The molecule has 0 amide bonds. The van der Waals surface area contributed by atoms with Crippen LogP contribution >= 0.6 is 0 Å². The fraction of sp³-hybridized carbons (Fsp3) is 0.414. The average molecular weight is 533 g/mol. The van der Waals surface area contributed by atoms with Gasteiger partial charge < -0.3 is 24.4 Å². The Labute approximate surface area is 225 Å². The summed E-state index contributed by atoms with van der Waals surface area (Å²) >= 11 is 0. The first-order valence-electron chi connectivity index (χ1n) is 13.0. The summed E-state index contributed by atoms with van der Waals surface area (Å²) in [5.41, 5.74) is 3.00. The highest BCUT2D eigenvalue weighted by atomic mass is 16.5. The summed E-state index contributed by atoms with van der Waals surface area (Å²) in [7, 11) is 1.39. The van der Waals surface area contributed by atoms with Gasteiger partial charge in [0, 0.05) is 48.8 Å². The first-order valence-corrected chi connectivity index (χ1v) is 13.0. The van der Waals surface area contributed by atoms with Crippen LogP contribution in [0.15, 0.2) is 41.6 Å². The Balaban J connectivity index is 1.52. The number of pyridine rings is 1. The summed E-state index contributed by atoms with van der Waals surface area (Å²) in [6, 6.07) is 5.83. The molecule has 0 radical (unpaired) electrons. The van der Waals surface area contributed by atoms with Crippen LogP contribution in [0.3, 0.4) is 0 Å². The maximum absolute atomic E-state index is 13.0. The van der Waals surface area contributed by atoms with Crippen molar-refractivity contribution in [2.75, 3.05) is 25.1 Å². The number of rotatable bonds is 5. The third kappa shape index (κ3) is 4.75. The minimum atomic E-state index is -1.28. The number of hydrogen-bond donors (Lipinski definition) is 2. The van der Waals surface area contributed by atoms with Gasteiger partial charge in [-0.25, -0.2) is 14.8 Å². The molecule has 0 saturated carbocycles. The monoisotopic (exact) mass is 532 g/mol. The van der Waals surface area contributed by atoms with E-state index in [4.69, 9.17) is 4.74 Å². The van der Waals surface area contributed by atoms with Crippen molar-refractivity contribution in [1.29, 1.82) is 0 Å². The lowest BCUT2D eigenvalue weighted by Crippen LogP contribution is -2.37. The molecule has 10 nitrogen and oxygen atoms in total. The summed E-state index contributed by atoms with van der Waals surface area (Å²) in [4.78, 5) is 47.2. The van der Waals surface area contributed by atoms with Crippen molar-refractivity contribution in [2.45, 2.75) is 46.1 Å². The predicted octanol–water partition coefficient (Wildman–Crippen LogP) is 4.12. The molecular formula is C29H32N4O6. The zero-order valence-electron chi connectivity index (χ0n) is 22.5. The zero-order chi connectivity index (χ0) is 28.1. The number of aromatic nitrogens is 3.